The smallest absolute Gasteiger partial charge is 0.236 e. The van der Waals surface area contributed by atoms with E-state index in [1.54, 1.807) is 6.92 Å². The van der Waals surface area contributed by atoms with Crippen LogP contribution in [0.1, 0.15) is 18.2 Å². The number of carbonyl (C=O) groups excluding carboxylic acids is 1. The largest absolute Gasteiger partial charge is 0.349 e. The Morgan fingerprint density at radius 2 is 2.21 bits per heavy atom. The monoisotopic (exact) mass is 304 g/mol. The number of rotatable bonds is 3. The number of hydrogen-bond donors (Lipinski definition) is 2. The number of imidazole rings is 1. The molecule has 0 saturated heterocycles. The summed E-state index contributed by atoms with van der Waals surface area (Å²) < 4.78 is 1.95. The van der Waals surface area contributed by atoms with Crippen molar-refractivity contribution in [2.45, 2.75) is 26.4 Å². The summed E-state index contributed by atoms with van der Waals surface area (Å²) in [6.07, 6.45) is 3.84. The molecule has 5 nitrogen and oxygen atoms in total. The van der Waals surface area contributed by atoms with E-state index in [0.29, 0.717) is 6.54 Å². The summed E-state index contributed by atoms with van der Waals surface area (Å²) >= 11 is 0. The number of nitrogens with one attached hydrogen (secondary N) is 1. The van der Waals surface area contributed by atoms with E-state index in [9.17, 15) is 4.79 Å². The molecular weight excluding hydrogens is 287 g/mol. The van der Waals surface area contributed by atoms with E-state index in [4.69, 9.17) is 5.73 Å². The first-order valence-corrected chi connectivity index (χ1v) is 5.54. The maximum atomic E-state index is 11.3. The van der Waals surface area contributed by atoms with Crippen molar-refractivity contribution in [3.05, 3.63) is 35.8 Å². The molecule has 2 heterocycles. The molecule has 19 heavy (non-hydrogen) atoms. The Morgan fingerprint density at radius 3 is 2.79 bits per heavy atom. The van der Waals surface area contributed by atoms with Crippen molar-refractivity contribution >= 4 is 36.4 Å². The number of hydrogen-bond acceptors (Lipinski definition) is 3. The number of nitrogens with zero attached hydrogens (tertiary/aromatic N) is 2. The number of fused-ring (bicyclic) bond motifs is 1. The first-order valence-electron chi connectivity index (χ1n) is 5.54. The summed E-state index contributed by atoms with van der Waals surface area (Å²) in [7, 11) is 0. The van der Waals surface area contributed by atoms with Gasteiger partial charge in [0.2, 0.25) is 5.91 Å². The summed E-state index contributed by atoms with van der Waals surface area (Å²) in [6, 6.07) is 3.48. The first-order chi connectivity index (χ1) is 8.08. The molecule has 0 aliphatic carbocycles. The van der Waals surface area contributed by atoms with Gasteiger partial charge in [-0.15, -0.1) is 24.8 Å². The fourth-order valence-electron chi connectivity index (χ4n) is 1.63. The van der Waals surface area contributed by atoms with Crippen LogP contribution < -0.4 is 11.1 Å². The number of pyridine rings is 1. The Bertz CT molecular complexity index is 554. The molecule has 0 bridgehead atoms. The SMILES string of the molecule is Cc1cccn2cc(CNC(=O)[C@@H](C)N)nc12.Cl.Cl. The lowest BCUT2D eigenvalue weighted by atomic mass is 10.3. The van der Waals surface area contributed by atoms with Crippen molar-refractivity contribution in [2.24, 2.45) is 5.73 Å². The predicted molar refractivity (Wildman–Crippen MR) is 79.9 cm³/mol. The van der Waals surface area contributed by atoms with Gasteiger partial charge in [-0.3, -0.25) is 4.79 Å². The van der Waals surface area contributed by atoms with Gasteiger partial charge in [-0.05, 0) is 25.5 Å². The molecule has 7 heteroatoms. The van der Waals surface area contributed by atoms with Gasteiger partial charge in [-0.2, -0.15) is 0 Å². The number of amides is 1. The second-order valence-corrected chi connectivity index (χ2v) is 4.16. The van der Waals surface area contributed by atoms with E-state index in [1.165, 1.54) is 0 Å². The van der Waals surface area contributed by atoms with Crippen LogP contribution in [0.4, 0.5) is 0 Å². The molecule has 0 aliphatic heterocycles. The van der Waals surface area contributed by atoms with Gasteiger partial charge in [0.1, 0.15) is 5.65 Å². The summed E-state index contributed by atoms with van der Waals surface area (Å²) in [5.74, 6) is -0.168. The molecule has 1 amide bonds. The molecule has 2 aromatic rings. The fourth-order valence-corrected chi connectivity index (χ4v) is 1.63. The van der Waals surface area contributed by atoms with E-state index in [0.717, 1.165) is 16.9 Å². The van der Waals surface area contributed by atoms with Crippen molar-refractivity contribution in [3.8, 4) is 0 Å². The normalized spacial score (nSPS) is 11.3. The third-order valence-corrected chi connectivity index (χ3v) is 2.59. The summed E-state index contributed by atoms with van der Waals surface area (Å²) in [6.45, 7) is 4.07. The number of carbonyl (C=O) groups is 1. The van der Waals surface area contributed by atoms with E-state index in [1.807, 2.05) is 35.9 Å². The highest BCUT2D eigenvalue weighted by molar-refractivity contribution is 5.85. The highest BCUT2D eigenvalue weighted by Gasteiger charge is 2.08. The zero-order valence-corrected chi connectivity index (χ0v) is 12.4. The van der Waals surface area contributed by atoms with Crippen LogP contribution >= 0.6 is 24.8 Å². The maximum absolute atomic E-state index is 11.3. The van der Waals surface area contributed by atoms with Gasteiger partial charge in [0, 0.05) is 12.4 Å². The molecule has 2 aromatic heterocycles. The van der Waals surface area contributed by atoms with Gasteiger partial charge in [0.15, 0.2) is 0 Å². The number of halogens is 2. The summed E-state index contributed by atoms with van der Waals surface area (Å²) in [4.78, 5) is 15.8. The minimum atomic E-state index is -0.492. The van der Waals surface area contributed by atoms with Gasteiger partial charge >= 0.3 is 0 Å². The van der Waals surface area contributed by atoms with Gasteiger partial charge in [0.05, 0.1) is 18.3 Å². The van der Waals surface area contributed by atoms with Crippen molar-refractivity contribution in [2.75, 3.05) is 0 Å². The maximum Gasteiger partial charge on any atom is 0.236 e. The van der Waals surface area contributed by atoms with Crippen molar-refractivity contribution in [1.29, 1.82) is 0 Å². The fraction of sp³-hybridized carbons (Fsp3) is 0.333. The quantitative estimate of drug-likeness (QED) is 0.901. The van der Waals surface area contributed by atoms with E-state index in [-0.39, 0.29) is 30.7 Å². The van der Waals surface area contributed by atoms with Crippen LogP contribution in [0.5, 0.6) is 0 Å². The first kappa shape index (κ1) is 17.7. The highest BCUT2D eigenvalue weighted by atomic mass is 35.5. The average Bonchev–Trinajstić information content (AvgIpc) is 2.70. The van der Waals surface area contributed by atoms with Crippen molar-refractivity contribution in [3.63, 3.8) is 0 Å². The van der Waals surface area contributed by atoms with Crippen LogP contribution in [-0.4, -0.2) is 21.3 Å². The summed E-state index contributed by atoms with van der Waals surface area (Å²) in [5.41, 5.74) is 8.31. The molecule has 0 aromatic carbocycles. The molecule has 0 fully saturated rings. The molecule has 2 rings (SSSR count). The molecule has 0 radical (unpaired) electrons. The Kier molecular flexibility index (Phi) is 6.83. The van der Waals surface area contributed by atoms with Crippen molar-refractivity contribution in [1.82, 2.24) is 14.7 Å². The Labute approximate surface area is 124 Å². The lowest BCUT2D eigenvalue weighted by molar-refractivity contribution is -0.122. The zero-order valence-electron chi connectivity index (χ0n) is 10.8. The lowest BCUT2D eigenvalue weighted by Crippen LogP contribution is -2.37. The minimum absolute atomic E-state index is 0. The van der Waals surface area contributed by atoms with Crippen LogP contribution in [0.3, 0.4) is 0 Å². The Morgan fingerprint density at radius 1 is 1.53 bits per heavy atom. The van der Waals surface area contributed by atoms with Gasteiger partial charge in [0.25, 0.3) is 0 Å². The third kappa shape index (κ3) is 4.09. The van der Waals surface area contributed by atoms with Gasteiger partial charge < -0.3 is 15.5 Å². The number of aromatic nitrogens is 2. The molecule has 3 N–H and O–H groups in total. The molecule has 0 spiro atoms. The Balaban J connectivity index is 0.00000162. The number of aryl methyl sites for hydroxylation is 1. The molecule has 0 saturated carbocycles. The zero-order chi connectivity index (χ0) is 12.4. The Hall–Kier alpha value is -1.30. The molecule has 106 valence electrons. The molecular formula is C12H18Cl2N4O. The number of nitrogens with two attached hydrogens (primary N) is 1. The average molecular weight is 305 g/mol. The van der Waals surface area contributed by atoms with Crippen LogP contribution in [0.25, 0.3) is 5.65 Å². The molecule has 1 atom stereocenters. The molecule has 0 unspecified atom stereocenters. The minimum Gasteiger partial charge on any atom is -0.349 e. The van der Waals surface area contributed by atoms with E-state index < -0.39 is 6.04 Å². The van der Waals surface area contributed by atoms with Crippen LogP contribution in [0.2, 0.25) is 0 Å². The van der Waals surface area contributed by atoms with Crippen LogP contribution in [0.15, 0.2) is 24.5 Å². The van der Waals surface area contributed by atoms with Crippen LogP contribution in [-0.2, 0) is 11.3 Å². The van der Waals surface area contributed by atoms with E-state index >= 15 is 0 Å². The second-order valence-electron chi connectivity index (χ2n) is 4.16. The standard InChI is InChI=1S/C12H16N4O.2ClH/c1-8-4-3-5-16-7-10(15-11(8)16)6-14-12(17)9(2)13;;/h3-5,7,9H,6,13H2,1-2H3,(H,14,17);2*1H/t9-;;/m1../s1. The van der Waals surface area contributed by atoms with Gasteiger partial charge in [-0.25, -0.2) is 4.98 Å². The van der Waals surface area contributed by atoms with Crippen LogP contribution in [0, 0.1) is 6.92 Å². The van der Waals surface area contributed by atoms with Gasteiger partial charge in [-0.1, -0.05) is 6.07 Å². The second kappa shape index (κ2) is 7.33. The lowest BCUT2D eigenvalue weighted by Gasteiger charge is -2.04. The van der Waals surface area contributed by atoms with Crippen molar-refractivity contribution < 1.29 is 4.79 Å². The topological polar surface area (TPSA) is 72.4 Å². The third-order valence-electron chi connectivity index (χ3n) is 2.59. The van der Waals surface area contributed by atoms with E-state index in [2.05, 4.69) is 10.3 Å². The summed E-state index contributed by atoms with van der Waals surface area (Å²) in [5, 5.41) is 2.74. The predicted octanol–water partition coefficient (Wildman–Crippen LogP) is 1.45. The highest BCUT2D eigenvalue weighted by Crippen LogP contribution is 2.09. The molecule has 0 aliphatic rings.